The molecule has 0 fully saturated rings. The molecule has 0 saturated carbocycles. The van der Waals surface area contributed by atoms with Crippen molar-refractivity contribution < 1.29 is 19.7 Å². The first-order valence-electron chi connectivity index (χ1n) is 9.10. The highest BCUT2D eigenvalue weighted by atomic mass is 35.5. The predicted octanol–water partition coefficient (Wildman–Crippen LogP) is 4.98. The van der Waals surface area contributed by atoms with E-state index in [1.165, 1.54) is 48.2 Å². The third kappa shape index (κ3) is 3.39. The number of fused-ring (bicyclic) bond motifs is 3. The molecule has 0 aromatic heterocycles. The summed E-state index contributed by atoms with van der Waals surface area (Å²) in [5, 5.41) is 33.1. The minimum absolute atomic E-state index is 0.0582. The first-order valence-corrected chi connectivity index (χ1v) is 10.2. The predicted molar refractivity (Wildman–Crippen MR) is 122 cm³/mol. The van der Waals surface area contributed by atoms with Gasteiger partial charge in [-0.3, -0.25) is 29.9 Å². The molecule has 1 unspecified atom stereocenters. The highest BCUT2D eigenvalue weighted by Crippen LogP contribution is 2.52. The van der Waals surface area contributed by atoms with Crippen LogP contribution in [0.15, 0.2) is 68.3 Å². The number of halogens is 3. The Morgan fingerprint density at radius 1 is 0.939 bits per heavy atom. The molecule has 0 saturated heterocycles. The van der Waals surface area contributed by atoms with Crippen LogP contribution in [0.5, 0.6) is 0 Å². The third-order valence-electron chi connectivity index (χ3n) is 5.19. The van der Waals surface area contributed by atoms with E-state index in [0.717, 1.165) is 6.07 Å². The first kappa shape index (κ1) is 22.9. The van der Waals surface area contributed by atoms with Crippen LogP contribution in [0.2, 0.25) is 0 Å². The second kappa shape index (κ2) is 7.92. The number of anilines is 1. The molecule has 1 heterocycles. The van der Waals surface area contributed by atoms with Crippen LogP contribution in [-0.4, -0.2) is 26.6 Å². The molecule has 168 valence electrons. The molecule has 2 aromatic rings. The number of nitro benzene ring substituents is 2. The Labute approximate surface area is 200 Å². The lowest BCUT2D eigenvalue weighted by molar-refractivity contribution is -0.385. The number of benzene rings is 2. The number of Topliss-reactive ketones (excluding diaryl/α,β-unsaturated/α-hetero) is 1. The summed E-state index contributed by atoms with van der Waals surface area (Å²) in [5.74, 6) is -0.870. The van der Waals surface area contributed by atoms with Crippen molar-refractivity contribution in [3.8, 4) is 0 Å². The maximum atomic E-state index is 13.3. The first-order chi connectivity index (χ1) is 15.5. The molecular weight excluding hydrogens is 499 g/mol. The monoisotopic (exact) mass is 508 g/mol. The second-order valence-corrected chi connectivity index (χ2v) is 8.19. The number of hydrogen-bond acceptors (Lipinski definition) is 8. The Balaban J connectivity index is 2.08. The fourth-order valence-electron chi connectivity index (χ4n) is 3.69. The SMILES string of the molecule is CC1=Nc2ccc([N+](=O)[O-])cc2C2(O)C(=O)C(Cl)=C(Cl)C(Cl)=C2N1c1ccc([N+](=O)[O-])cc1. The summed E-state index contributed by atoms with van der Waals surface area (Å²) in [4.78, 5) is 40.2. The molecular formula is C20H11Cl3N4O6. The number of aliphatic hydroxyl groups is 1. The van der Waals surface area contributed by atoms with Crippen LogP contribution >= 0.6 is 34.8 Å². The van der Waals surface area contributed by atoms with E-state index in [-0.39, 0.29) is 44.2 Å². The molecule has 1 atom stereocenters. The molecule has 2 aliphatic rings. The van der Waals surface area contributed by atoms with Gasteiger partial charge in [-0.25, -0.2) is 4.99 Å². The maximum absolute atomic E-state index is 13.3. The second-order valence-electron chi connectivity index (χ2n) is 7.06. The quantitative estimate of drug-likeness (QED) is 0.454. The summed E-state index contributed by atoms with van der Waals surface area (Å²) in [6.07, 6.45) is 0. The molecule has 0 spiro atoms. The van der Waals surface area contributed by atoms with Crippen LogP contribution < -0.4 is 4.90 Å². The number of rotatable bonds is 3. The highest BCUT2D eigenvalue weighted by molar-refractivity contribution is 6.55. The standard InChI is InChI=1S/C20H11Cl3N4O6/c1-9-24-14-7-6-12(27(32)33)8-13(14)20(29)18(16(22)15(21)17(23)19(20)28)25(9)10-2-4-11(5-3-10)26(30)31/h2-8,29H,1H3. The number of nitro groups is 2. The molecule has 1 N–H and O–H groups in total. The highest BCUT2D eigenvalue weighted by Gasteiger charge is 2.54. The number of allylic oxidation sites excluding steroid dienone is 2. The lowest BCUT2D eigenvalue weighted by Crippen LogP contribution is -2.48. The van der Waals surface area contributed by atoms with Crippen LogP contribution in [0.25, 0.3) is 0 Å². The van der Waals surface area contributed by atoms with E-state index < -0.39 is 32.0 Å². The lowest BCUT2D eigenvalue weighted by Gasteiger charge is -2.38. The maximum Gasteiger partial charge on any atom is 0.269 e. The van der Waals surface area contributed by atoms with E-state index in [2.05, 4.69) is 4.99 Å². The molecule has 0 radical (unpaired) electrons. The zero-order valence-electron chi connectivity index (χ0n) is 16.5. The summed E-state index contributed by atoms with van der Waals surface area (Å²) in [7, 11) is 0. The van der Waals surface area contributed by atoms with Crippen LogP contribution in [0.3, 0.4) is 0 Å². The van der Waals surface area contributed by atoms with Gasteiger partial charge in [-0.1, -0.05) is 34.8 Å². The summed E-state index contributed by atoms with van der Waals surface area (Å²) in [5.41, 5.74) is -3.37. The minimum Gasteiger partial charge on any atom is -0.372 e. The third-order valence-corrected chi connectivity index (χ3v) is 6.49. The van der Waals surface area contributed by atoms with Gasteiger partial charge in [-0.05, 0) is 25.1 Å². The number of carbonyl (C=O) groups is 1. The smallest absolute Gasteiger partial charge is 0.269 e. The number of ketones is 1. The Morgan fingerprint density at radius 3 is 2.09 bits per heavy atom. The molecule has 2 aromatic carbocycles. The van der Waals surface area contributed by atoms with Crippen molar-refractivity contribution in [1.29, 1.82) is 0 Å². The molecule has 1 aliphatic heterocycles. The van der Waals surface area contributed by atoms with Gasteiger partial charge in [0.2, 0.25) is 5.78 Å². The Bertz CT molecular complexity index is 1350. The fourth-order valence-corrected chi connectivity index (χ4v) is 4.46. The summed E-state index contributed by atoms with van der Waals surface area (Å²) in [6, 6.07) is 8.63. The summed E-state index contributed by atoms with van der Waals surface area (Å²) < 4.78 is 0. The van der Waals surface area contributed by atoms with Crippen molar-refractivity contribution in [3.63, 3.8) is 0 Å². The molecule has 0 amide bonds. The average Bonchev–Trinajstić information content (AvgIpc) is 2.88. The molecule has 33 heavy (non-hydrogen) atoms. The average molecular weight is 510 g/mol. The van der Waals surface area contributed by atoms with Gasteiger partial charge in [0.05, 0.1) is 31.3 Å². The molecule has 0 bridgehead atoms. The van der Waals surface area contributed by atoms with Crippen LogP contribution in [-0.2, 0) is 10.4 Å². The van der Waals surface area contributed by atoms with Crippen molar-refractivity contribution >= 4 is 69.2 Å². The van der Waals surface area contributed by atoms with Crippen LogP contribution in [0, 0.1) is 20.2 Å². The van der Waals surface area contributed by atoms with Gasteiger partial charge in [0.1, 0.15) is 10.9 Å². The van der Waals surface area contributed by atoms with Crippen LogP contribution in [0.1, 0.15) is 12.5 Å². The number of non-ortho nitro benzene ring substituents is 2. The zero-order chi connectivity index (χ0) is 24.2. The van der Waals surface area contributed by atoms with E-state index in [4.69, 9.17) is 34.8 Å². The Morgan fingerprint density at radius 2 is 1.52 bits per heavy atom. The number of amidine groups is 1. The van der Waals surface area contributed by atoms with E-state index in [1.807, 2.05) is 0 Å². The van der Waals surface area contributed by atoms with E-state index in [9.17, 15) is 30.1 Å². The van der Waals surface area contributed by atoms with Crippen LogP contribution in [0.4, 0.5) is 22.7 Å². The molecule has 1 aliphatic carbocycles. The van der Waals surface area contributed by atoms with Gasteiger partial charge in [0.15, 0.2) is 5.60 Å². The van der Waals surface area contributed by atoms with Crippen molar-refractivity contribution in [3.05, 3.63) is 89.1 Å². The summed E-state index contributed by atoms with van der Waals surface area (Å²) >= 11 is 18.7. The van der Waals surface area contributed by atoms with Gasteiger partial charge >= 0.3 is 0 Å². The zero-order valence-corrected chi connectivity index (χ0v) is 18.7. The lowest BCUT2D eigenvalue weighted by atomic mass is 9.81. The van der Waals surface area contributed by atoms with Gasteiger partial charge < -0.3 is 5.11 Å². The van der Waals surface area contributed by atoms with Crippen molar-refractivity contribution in [2.75, 3.05) is 4.90 Å². The fraction of sp³-hybridized carbons (Fsp3) is 0.100. The van der Waals surface area contributed by atoms with Crippen molar-refractivity contribution in [2.24, 2.45) is 4.99 Å². The number of carbonyl (C=O) groups excluding carboxylic acids is 1. The van der Waals surface area contributed by atoms with E-state index >= 15 is 0 Å². The molecule has 13 heteroatoms. The topological polar surface area (TPSA) is 139 Å². The minimum atomic E-state index is -2.60. The van der Waals surface area contributed by atoms with E-state index in [1.54, 1.807) is 0 Å². The van der Waals surface area contributed by atoms with Gasteiger partial charge in [0, 0.05) is 35.5 Å². The number of aliphatic imine (C=N–C) groups is 1. The Hall–Kier alpha value is -3.31. The largest absolute Gasteiger partial charge is 0.372 e. The van der Waals surface area contributed by atoms with Crippen molar-refractivity contribution in [2.45, 2.75) is 12.5 Å². The molecule has 10 nitrogen and oxygen atoms in total. The van der Waals surface area contributed by atoms with Gasteiger partial charge in [-0.2, -0.15) is 0 Å². The number of nitrogens with zero attached hydrogens (tertiary/aromatic N) is 4. The van der Waals surface area contributed by atoms with E-state index in [0.29, 0.717) is 0 Å². The van der Waals surface area contributed by atoms with Gasteiger partial charge in [0.25, 0.3) is 11.4 Å². The number of hydrogen-bond donors (Lipinski definition) is 1. The van der Waals surface area contributed by atoms with Gasteiger partial charge in [-0.15, -0.1) is 0 Å². The van der Waals surface area contributed by atoms with Crippen molar-refractivity contribution in [1.82, 2.24) is 0 Å². The Kier molecular flexibility index (Phi) is 5.49. The summed E-state index contributed by atoms with van der Waals surface area (Å²) in [6.45, 7) is 1.54. The normalized spacial score (nSPS) is 20.2. The molecule has 4 rings (SSSR count).